The Morgan fingerprint density at radius 1 is 1.13 bits per heavy atom. The third-order valence-corrected chi connectivity index (χ3v) is 10.1. The van der Waals surface area contributed by atoms with Crippen molar-refractivity contribution in [2.45, 2.75) is 98.5 Å². The number of esters is 1. The molecule has 3 saturated carbocycles. The third kappa shape index (κ3) is 3.97. The summed E-state index contributed by atoms with van der Waals surface area (Å²) in [4.78, 5) is 23.3. The lowest BCUT2D eigenvalue weighted by Gasteiger charge is -2.58. The van der Waals surface area contributed by atoms with Crippen LogP contribution in [0.15, 0.2) is 11.6 Å². The SMILES string of the molecule is CCC(=O)NC[C@@H](C)C1CCC2C3=CCC4C[C@@H](OC(C)=O)CC[C@]4(C)C3CC[C@@]21C. The highest BCUT2D eigenvalue weighted by Gasteiger charge is 2.58. The molecule has 0 aromatic rings. The Hall–Kier alpha value is -1.32. The first-order chi connectivity index (χ1) is 14.7. The molecule has 4 unspecified atom stereocenters. The van der Waals surface area contributed by atoms with Crippen molar-refractivity contribution >= 4 is 11.9 Å². The number of carbonyl (C=O) groups excluding carboxylic acids is 2. The van der Waals surface area contributed by atoms with Gasteiger partial charge in [-0.05, 0) is 91.8 Å². The standard InChI is InChI=1S/C27H43NO3/c1-6-25(30)28-16-17(2)22-9-10-23-21-8-7-19-15-20(31-18(3)29)11-13-26(19,4)24(21)12-14-27(22,23)5/h8,17,19-20,22-24H,6-7,9-16H2,1-5H3,(H,28,30)/t17-,19?,20+,22?,23?,24?,26+,27-/m1/s1. The van der Waals surface area contributed by atoms with E-state index in [2.05, 4.69) is 32.2 Å². The first-order valence-electron chi connectivity index (χ1n) is 12.8. The smallest absolute Gasteiger partial charge is 0.302 e. The van der Waals surface area contributed by atoms with Crippen LogP contribution >= 0.6 is 0 Å². The molecule has 31 heavy (non-hydrogen) atoms. The Morgan fingerprint density at radius 2 is 1.84 bits per heavy atom. The fraction of sp³-hybridized carbons (Fsp3) is 0.852. The van der Waals surface area contributed by atoms with Crippen LogP contribution in [0.2, 0.25) is 0 Å². The highest BCUT2D eigenvalue weighted by atomic mass is 16.5. The predicted molar refractivity (Wildman–Crippen MR) is 123 cm³/mol. The summed E-state index contributed by atoms with van der Waals surface area (Å²) in [6.45, 7) is 11.7. The van der Waals surface area contributed by atoms with E-state index in [0.29, 0.717) is 46.8 Å². The molecule has 0 heterocycles. The lowest BCUT2D eigenvalue weighted by Crippen LogP contribution is -2.50. The molecule has 0 aromatic carbocycles. The van der Waals surface area contributed by atoms with Crippen molar-refractivity contribution in [2.24, 2.45) is 40.4 Å². The van der Waals surface area contributed by atoms with Gasteiger partial charge in [0.15, 0.2) is 0 Å². The molecule has 3 fully saturated rings. The molecule has 0 aromatic heterocycles. The monoisotopic (exact) mass is 429 g/mol. The van der Waals surface area contributed by atoms with Crippen molar-refractivity contribution in [1.82, 2.24) is 5.32 Å². The molecule has 8 atom stereocenters. The summed E-state index contributed by atoms with van der Waals surface area (Å²) >= 11 is 0. The van der Waals surface area contributed by atoms with Crippen molar-refractivity contribution in [2.75, 3.05) is 6.54 Å². The second kappa shape index (κ2) is 8.56. The van der Waals surface area contributed by atoms with Crippen LogP contribution in [0.3, 0.4) is 0 Å². The van der Waals surface area contributed by atoms with Crippen LogP contribution < -0.4 is 5.32 Å². The summed E-state index contributed by atoms with van der Waals surface area (Å²) in [5.41, 5.74) is 2.50. The fourth-order valence-corrected chi connectivity index (χ4v) is 8.33. The van der Waals surface area contributed by atoms with Gasteiger partial charge in [0.1, 0.15) is 6.10 Å². The molecule has 0 spiro atoms. The molecule has 4 nitrogen and oxygen atoms in total. The zero-order chi connectivity index (χ0) is 22.4. The average molecular weight is 430 g/mol. The van der Waals surface area contributed by atoms with Gasteiger partial charge in [0.2, 0.25) is 5.91 Å². The highest BCUT2D eigenvalue weighted by Crippen LogP contribution is 2.66. The number of ether oxygens (including phenoxy) is 1. The minimum Gasteiger partial charge on any atom is -0.463 e. The van der Waals surface area contributed by atoms with Crippen LogP contribution in [-0.4, -0.2) is 24.5 Å². The quantitative estimate of drug-likeness (QED) is 0.453. The largest absolute Gasteiger partial charge is 0.463 e. The molecule has 0 saturated heterocycles. The number of hydrogen-bond donors (Lipinski definition) is 1. The molecule has 0 radical (unpaired) electrons. The number of rotatable bonds is 5. The summed E-state index contributed by atoms with van der Waals surface area (Å²) in [5.74, 6) is 3.34. The summed E-state index contributed by atoms with van der Waals surface area (Å²) in [6, 6.07) is 0. The average Bonchev–Trinajstić information content (AvgIpc) is 3.09. The van der Waals surface area contributed by atoms with Crippen molar-refractivity contribution in [3.63, 3.8) is 0 Å². The second-order valence-electron chi connectivity index (χ2n) is 11.6. The van der Waals surface area contributed by atoms with E-state index in [9.17, 15) is 9.59 Å². The number of allylic oxidation sites excluding steroid dienone is 2. The number of carbonyl (C=O) groups is 2. The van der Waals surface area contributed by atoms with E-state index in [1.165, 1.54) is 32.1 Å². The van der Waals surface area contributed by atoms with Gasteiger partial charge in [0, 0.05) is 19.9 Å². The maximum Gasteiger partial charge on any atom is 0.302 e. The Morgan fingerprint density at radius 3 is 2.55 bits per heavy atom. The summed E-state index contributed by atoms with van der Waals surface area (Å²) < 4.78 is 5.61. The van der Waals surface area contributed by atoms with Crippen molar-refractivity contribution < 1.29 is 14.3 Å². The lowest BCUT2D eigenvalue weighted by molar-refractivity contribution is -0.152. The van der Waals surface area contributed by atoms with E-state index in [1.807, 2.05) is 6.92 Å². The number of amides is 1. The van der Waals surface area contributed by atoms with Crippen molar-refractivity contribution in [3.05, 3.63) is 11.6 Å². The number of nitrogens with one attached hydrogen (secondary N) is 1. The number of hydrogen-bond acceptors (Lipinski definition) is 3. The molecule has 4 aliphatic carbocycles. The van der Waals surface area contributed by atoms with Crippen molar-refractivity contribution in [3.8, 4) is 0 Å². The molecule has 0 bridgehead atoms. The minimum absolute atomic E-state index is 0.120. The van der Waals surface area contributed by atoms with Gasteiger partial charge in [-0.2, -0.15) is 0 Å². The predicted octanol–water partition coefficient (Wildman–Crippen LogP) is 5.66. The van der Waals surface area contributed by atoms with E-state index >= 15 is 0 Å². The van der Waals surface area contributed by atoms with E-state index in [0.717, 1.165) is 25.8 Å². The molecule has 174 valence electrons. The van der Waals surface area contributed by atoms with Gasteiger partial charge in [0.25, 0.3) is 0 Å². The zero-order valence-corrected chi connectivity index (χ0v) is 20.3. The topological polar surface area (TPSA) is 55.4 Å². The van der Waals surface area contributed by atoms with E-state index in [4.69, 9.17) is 4.74 Å². The van der Waals surface area contributed by atoms with Gasteiger partial charge in [-0.15, -0.1) is 0 Å². The zero-order valence-electron chi connectivity index (χ0n) is 20.3. The Labute approximate surface area is 189 Å². The van der Waals surface area contributed by atoms with Crippen LogP contribution in [0.25, 0.3) is 0 Å². The van der Waals surface area contributed by atoms with E-state index in [1.54, 1.807) is 12.5 Å². The molecule has 4 rings (SSSR count). The fourth-order valence-electron chi connectivity index (χ4n) is 8.33. The van der Waals surface area contributed by atoms with Crippen molar-refractivity contribution in [1.29, 1.82) is 0 Å². The van der Waals surface area contributed by atoms with Crippen LogP contribution in [0, 0.1) is 40.4 Å². The summed E-state index contributed by atoms with van der Waals surface area (Å²) in [7, 11) is 0. The minimum atomic E-state index is -0.129. The molecule has 1 N–H and O–H groups in total. The van der Waals surface area contributed by atoms with Crippen LogP contribution in [0.5, 0.6) is 0 Å². The maximum atomic E-state index is 11.8. The molecule has 4 heteroatoms. The molecule has 1 amide bonds. The molecular formula is C27H43NO3. The number of fused-ring (bicyclic) bond motifs is 5. The molecule has 4 aliphatic rings. The van der Waals surface area contributed by atoms with E-state index in [-0.39, 0.29) is 18.0 Å². The van der Waals surface area contributed by atoms with Gasteiger partial charge >= 0.3 is 5.97 Å². The van der Waals surface area contributed by atoms with Crippen LogP contribution in [0.4, 0.5) is 0 Å². The van der Waals surface area contributed by atoms with Gasteiger partial charge < -0.3 is 10.1 Å². The Kier molecular flexibility index (Phi) is 6.31. The van der Waals surface area contributed by atoms with Gasteiger partial charge in [-0.25, -0.2) is 0 Å². The third-order valence-electron chi connectivity index (χ3n) is 10.1. The normalized spacial score (nSPS) is 42.5. The first kappa shape index (κ1) is 22.9. The van der Waals surface area contributed by atoms with Gasteiger partial charge in [-0.1, -0.05) is 39.3 Å². The van der Waals surface area contributed by atoms with Gasteiger partial charge in [0.05, 0.1) is 0 Å². The van der Waals surface area contributed by atoms with Crippen LogP contribution in [-0.2, 0) is 14.3 Å². The maximum absolute atomic E-state index is 11.8. The Balaban J connectivity index is 1.49. The summed E-state index contributed by atoms with van der Waals surface area (Å²) in [5, 5.41) is 3.15. The van der Waals surface area contributed by atoms with Crippen LogP contribution in [0.1, 0.15) is 92.4 Å². The lowest BCUT2D eigenvalue weighted by atomic mass is 9.47. The second-order valence-corrected chi connectivity index (χ2v) is 11.6. The van der Waals surface area contributed by atoms with Gasteiger partial charge in [-0.3, -0.25) is 9.59 Å². The highest BCUT2D eigenvalue weighted by molar-refractivity contribution is 5.75. The Bertz CT molecular complexity index is 745. The molecular weight excluding hydrogens is 386 g/mol. The summed E-state index contributed by atoms with van der Waals surface area (Å²) in [6.07, 6.45) is 12.9. The molecule has 0 aliphatic heterocycles. The first-order valence-corrected chi connectivity index (χ1v) is 12.8. The van der Waals surface area contributed by atoms with E-state index < -0.39 is 0 Å².